The Morgan fingerprint density at radius 1 is 0.383 bits per heavy atom. The van der Waals surface area contributed by atoms with Gasteiger partial charge in [-0.3, -0.25) is 9.13 Å². The molecule has 0 aliphatic carbocycles. The minimum absolute atomic E-state index is 0.916. The summed E-state index contributed by atoms with van der Waals surface area (Å²) in [6, 6.07) is 54.9. The van der Waals surface area contributed by atoms with Crippen molar-refractivity contribution < 1.29 is 0 Å². The molecular weight excluding hydrogens is 591 g/mol. The molecule has 0 fully saturated rings. The lowest BCUT2D eigenvalue weighted by Gasteiger charge is -2.21. The van der Waals surface area contributed by atoms with Gasteiger partial charge < -0.3 is 0 Å². The molecule has 4 aromatic heterocycles. The van der Waals surface area contributed by atoms with Crippen molar-refractivity contribution in [3.05, 3.63) is 164 Å². The maximum absolute atomic E-state index is 4.82. The minimum atomic E-state index is -0.916. The summed E-state index contributed by atoms with van der Waals surface area (Å²) in [5.41, 5.74) is 4.70. The van der Waals surface area contributed by atoms with Gasteiger partial charge in [-0.25, -0.2) is 9.97 Å². The zero-order valence-corrected chi connectivity index (χ0v) is 26.2. The summed E-state index contributed by atoms with van der Waals surface area (Å²) >= 11 is 0. The van der Waals surface area contributed by atoms with E-state index >= 15 is 0 Å². The van der Waals surface area contributed by atoms with Crippen LogP contribution in [0.5, 0.6) is 0 Å². The molecule has 1 atom stereocenters. The molecule has 0 aliphatic heterocycles. The van der Waals surface area contributed by atoms with Gasteiger partial charge in [-0.1, -0.05) is 97.1 Å². The molecule has 0 N–H and O–H groups in total. The second-order valence-corrected chi connectivity index (χ2v) is 14.2. The Morgan fingerprint density at radius 2 is 1.02 bits per heavy atom. The van der Waals surface area contributed by atoms with Crippen LogP contribution in [-0.4, -0.2) is 19.1 Å². The molecule has 0 spiro atoms. The van der Waals surface area contributed by atoms with E-state index in [0.717, 1.165) is 17.2 Å². The number of nitrogens with zero attached hydrogens (tertiary/aromatic N) is 4. The van der Waals surface area contributed by atoms with Gasteiger partial charge in [0.1, 0.15) is 11.6 Å². The zero-order chi connectivity index (χ0) is 30.9. The van der Waals surface area contributed by atoms with E-state index < -0.39 is 7.92 Å². The summed E-state index contributed by atoms with van der Waals surface area (Å²) in [6.07, 6.45) is 3.75. The Morgan fingerprint density at radius 3 is 1.81 bits per heavy atom. The third kappa shape index (κ3) is 3.99. The lowest BCUT2D eigenvalue weighted by Crippen LogP contribution is -2.21. The highest BCUT2D eigenvalue weighted by Gasteiger charge is 2.24. The average molecular weight is 619 g/mol. The van der Waals surface area contributed by atoms with Gasteiger partial charge in [0.05, 0.1) is 22.1 Å². The molecule has 0 radical (unpaired) electrons. The van der Waals surface area contributed by atoms with Crippen molar-refractivity contribution >= 4 is 78.2 Å². The first kappa shape index (κ1) is 26.4. The Kier molecular flexibility index (Phi) is 5.81. The van der Waals surface area contributed by atoms with Gasteiger partial charge in [-0.2, -0.15) is 0 Å². The summed E-state index contributed by atoms with van der Waals surface area (Å²) in [5.74, 6) is 1.85. The van der Waals surface area contributed by atoms with E-state index in [1.54, 1.807) is 0 Å². The highest BCUT2D eigenvalue weighted by molar-refractivity contribution is 7.79. The monoisotopic (exact) mass is 618 g/mol. The second-order valence-electron chi connectivity index (χ2n) is 11.9. The van der Waals surface area contributed by atoms with Crippen LogP contribution >= 0.6 is 7.92 Å². The maximum Gasteiger partial charge on any atom is 0.137 e. The van der Waals surface area contributed by atoms with Crippen LogP contribution in [0.25, 0.3) is 66.0 Å². The van der Waals surface area contributed by atoms with Crippen LogP contribution in [0.3, 0.4) is 0 Å². The molecule has 47 heavy (non-hydrogen) atoms. The third-order valence-corrected chi connectivity index (χ3v) is 11.7. The minimum Gasteiger partial charge on any atom is -0.294 e. The van der Waals surface area contributed by atoms with Crippen molar-refractivity contribution in [3.63, 3.8) is 0 Å². The Hall–Kier alpha value is -5.83. The smallest absolute Gasteiger partial charge is 0.137 e. The maximum atomic E-state index is 4.82. The predicted molar refractivity (Wildman–Crippen MR) is 198 cm³/mol. The van der Waals surface area contributed by atoms with Crippen LogP contribution in [0, 0.1) is 0 Å². The Balaban J connectivity index is 1.28. The number of para-hydroxylation sites is 1. The van der Waals surface area contributed by atoms with Crippen molar-refractivity contribution in [2.75, 3.05) is 0 Å². The topological polar surface area (TPSA) is 35.6 Å². The molecule has 10 rings (SSSR count). The van der Waals surface area contributed by atoms with Gasteiger partial charge in [-0.15, -0.1) is 0 Å². The number of fused-ring (bicyclic) bond motifs is 3. The SMILES string of the molecule is c1ccc(P(c2ccc3c4ccccc4n(-c4ccccn4)c3c2)c2cc3ccc4cccc5c4c3c(c2)n5-c2ccccn2)cc1. The molecule has 5 heteroatoms. The molecule has 220 valence electrons. The quantitative estimate of drug-likeness (QED) is 0.143. The van der Waals surface area contributed by atoms with Crippen molar-refractivity contribution in [2.24, 2.45) is 0 Å². The molecule has 0 saturated carbocycles. The highest BCUT2D eigenvalue weighted by atomic mass is 31.1. The van der Waals surface area contributed by atoms with Crippen LogP contribution in [0.4, 0.5) is 0 Å². The number of hydrogen-bond donors (Lipinski definition) is 0. The van der Waals surface area contributed by atoms with Crippen LogP contribution in [0.15, 0.2) is 164 Å². The van der Waals surface area contributed by atoms with Crippen molar-refractivity contribution in [3.8, 4) is 11.6 Å². The average Bonchev–Trinajstić information content (AvgIpc) is 3.65. The van der Waals surface area contributed by atoms with Gasteiger partial charge in [0, 0.05) is 33.9 Å². The summed E-state index contributed by atoms with van der Waals surface area (Å²) in [7, 11) is -0.916. The predicted octanol–water partition coefficient (Wildman–Crippen LogP) is 9.02. The van der Waals surface area contributed by atoms with E-state index in [0.29, 0.717) is 0 Å². The van der Waals surface area contributed by atoms with Crippen LogP contribution in [-0.2, 0) is 0 Å². The van der Waals surface area contributed by atoms with E-state index in [2.05, 4.69) is 149 Å². The lowest BCUT2D eigenvalue weighted by atomic mass is 10.0. The lowest BCUT2D eigenvalue weighted by molar-refractivity contribution is 1.08. The number of pyridine rings is 2. The highest BCUT2D eigenvalue weighted by Crippen LogP contribution is 2.42. The third-order valence-electron chi connectivity index (χ3n) is 9.33. The summed E-state index contributed by atoms with van der Waals surface area (Å²) in [4.78, 5) is 9.61. The fourth-order valence-corrected chi connectivity index (χ4v) is 9.75. The van der Waals surface area contributed by atoms with E-state index in [1.807, 2.05) is 24.5 Å². The molecule has 1 unspecified atom stereocenters. The number of hydrogen-bond acceptors (Lipinski definition) is 2. The summed E-state index contributed by atoms with van der Waals surface area (Å²) < 4.78 is 4.65. The number of benzene rings is 6. The van der Waals surface area contributed by atoms with Crippen molar-refractivity contribution in [1.82, 2.24) is 19.1 Å². The first-order valence-corrected chi connectivity index (χ1v) is 17.2. The van der Waals surface area contributed by atoms with Gasteiger partial charge in [0.15, 0.2) is 0 Å². The van der Waals surface area contributed by atoms with E-state index in [4.69, 9.17) is 9.97 Å². The molecule has 0 amide bonds. The fourth-order valence-electron chi connectivity index (χ4n) is 7.40. The molecular formula is C42H27N4P. The number of aromatic nitrogens is 4. The van der Waals surface area contributed by atoms with E-state index in [-0.39, 0.29) is 0 Å². The van der Waals surface area contributed by atoms with E-state index in [9.17, 15) is 0 Å². The van der Waals surface area contributed by atoms with Gasteiger partial charge in [-0.05, 0) is 89.2 Å². The Bertz CT molecular complexity index is 2730. The molecule has 0 saturated heterocycles. The van der Waals surface area contributed by atoms with Crippen molar-refractivity contribution in [2.45, 2.75) is 0 Å². The molecule has 4 heterocycles. The van der Waals surface area contributed by atoms with Crippen LogP contribution in [0.2, 0.25) is 0 Å². The van der Waals surface area contributed by atoms with E-state index in [1.165, 1.54) is 64.8 Å². The molecule has 0 aliphatic rings. The molecule has 4 nitrogen and oxygen atoms in total. The molecule has 6 aromatic carbocycles. The van der Waals surface area contributed by atoms with Gasteiger partial charge >= 0.3 is 0 Å². The largest absolute Gasteiger partial charge is 0.294 e. The second kappa shape index (κ2) is 10.3. The van der Waals surface area contributed by atoms with Crippen molar-refractivity contribution in [1.29, 1.82) is 0 Å². The van der Waals surface area contributed by atoms with Crippen LogP contribution < -0.4 is 15.9 Å². The molecule has 0 bridgehead atoms. The zero-order valence-electron chi connectivity index (χ0n) is 25.3. The standard InChI is InChI=1S/C42H27N4P/c1-2-12-30(13-3-1)47(31-21-22-34-33-14-4-5-15-35(33)45(37(34)26-31)39-17-6-8-23-43-39)32-25-29-20-19-28-11-10-16-36-41(28)42(29)38(27-32)46(36)40-18-7-9-24-44-40/h1-27H. The fraction of sp³-hybridized carbons (Fsp3) is 0. The van der Waals surface area contributed by atoms with Gasteiger partial charge in [0.25, 0.3) is 0 Å². The number of rotatable bonds is 5. The molecule has 10 aromatic rings. The first-order chi connectivity index (χ1) is 23.3. The Labute approximate surface area is 272 Å². The summed E-state index contributed by atoms with van der Waals surface area (Å²) in [6.45, 7) is 0. The van der Waals surface area contributed by atoms with Crippen LogP contribution in [0.1, 0.15) is 0 Å². The first-order valence-electron chi connectivity index (χ1n) is 15.8. The summed E-state index contributed by atoms with van der Waals surface area (Å²) in [5, 5.41) is 11.5. The van der Waals surface area contributed by atoms with Gasteiger partial charge in [0.2, 0.25) is 0 Å². The normalized spacial score (nSPS) is 12.6.